The zero-order valence-electron chi connectivity index (χ0n) is 23.1. The van der Waals surface area contributed by atoms with Crippen LogP contribution in [-0.2, 0) is 24.2 Å². The summed E-state index contributed by atoms with van der Waals surface area (Å²) in [5.41, 5.74) is 1.89. The van der Waals surface area contributed by atoms with Gasteiger partial charge < -0.3 is 9.64 Å². The summed E-state index contributed by atoms with van der Waals surface area (Å²) in [5, 5.41) is -0.000218. The average Bonchev–Trinajstić information content (AvgIpc) is 3.03. The van der Waals surface area contributed by atoms with Gasteiger partial charge >= 0.3 is 5.69 Å². The van der Waals surface area contributed by atoms with Crippen molar-refractivity contribution in [2.24, 2.45) is 0 Å². The highest BCUT2D eigenvalue weighted by atomic mass is 19.1. The third-order valence-corrected chi connectivity index (χ3v) is 7.78. The van der Waals surface area contributed by atoms with Crippen LogP contribution >= 0.6 is 0 Å². The van der Waals surface area contributed by atoms with Crippen molar-refractivity contribution in [1.82, 2.24) is 14.0 Å². The van der Waals surface area contributed by atoms with Crippen LogP contribution in [0, 0.1) is 5.82 Å². The van der Waals surface area contributed by atoms with Crippen LogP contribution in [0.2, 0.25) is 0 Å². The second kappa shape index (κ2) is 13.1. The smallest absolute Gasteiger partial charge is 0.332 e. The summed E-state index contributed by atoms with van der Waals surface area (Å²) in [6.45, 7) is -1.55. The van der Waals surface area contributed by atoms with E-state index in [0.29, 0.717) is 25.9 Å². The minimum Gasteiger partial charge on any atom is -0.482 e. The Bertz CT molecular complexity index is 1640. The Morgan fingerprint density at radius 1 is 0.881 bits per heavy atom. The van der Waals surface area contributed by atoms with E-state index in [-0.39, 0.29) is 23.5 Å². The van der Waals surface area contributed by atoms with Gasteiger partial charge in [0.05, 0.1) is 17.4 Å². The molecule has 5 rings (SSSR count). The molecule has 1 aromatic heterocycles. The van der Waals surface area contributed by atoms with Crippen molar-refractivity contribution >= 4 is 17.3 Å². The Kier molecular flexibility index (Phi) is 9.09. The van der Waals surface area contributed by atoms with E-state index in [9.17, 15) is 23.2 Å². The van der Waals surface area contributed by atoms with Crippen LogP contribution in [0.1, 0.15) is 35.6 Å². The Balaban J connectivity index is 1.51. The number of benzene rings is 3. The first kappa shape index (κ1) is 29.2. The molecule has 0 unspecified atom stereocenters. The molecule has 42 heavy (non-hydrogen) atoms. The fourth-order valence-electron chi connectivity index (χ4n) is 5.42. The van der Waals surface area contributed by atoms with Gasteiger partial charge in [-0.3, -0.25) is 18.7 Å². The number of fused-ring (bicyclic) bond motifs is 1. The van der Waals surface area contributed by atoms with Gasteiger partial charge in [-0.05, 0) is 48.4 Å². The van der Waals surface area contributed by atoms with Crippen LogP contribution < -0.4 is 16.0 Å². The van der Waals surface area contributed by atoms with Crippen LogP contribution in [-0.4, -0.2) is 53.0 Å². The highest BCUT2D eigenvalue weighted by Crippen LogP contribution is 2.28. The molecule has 0 spiro atoms. The van der Waals surface area contributed by atoms with Gasteiger partial charge in [0.1, 0.15) is 13.3 Å². The SMILES string of the molecule is O=CN1CCC(n2c(=O)n(Cc3ccc(CCc4ccccc4)cc3)c(=O)c3cc(OC(CF)CF)c(F)cc32)CC1. The number of alkyl halides is 2. The molecule has 1 aliphatic rings. The second-order valence-corrected chi connectivity index (χ2v) is 10.6. The monoisotopic (exact) mass is 579 g/mol. The average molecular weight is 580 g/mol. The van der Waals surface area contributed by atoms with E-state index in [4.69, 9.17) is 4.74 Å². The summed E-state index contributed by atoms with van der Waals surface area (Å²) < 4.78 is 49.0. The molecule has 0 atom stereocenters. The number of carbonyl (C=O) groups excluding carboxylic acids is 1. The highest BCUT2D eigenvalue weighted by Gasteiger charge is 2.26. The molecule has 3 aromatic carbocycles. The molecule has 0 aliphatic carbocycles. The lowest BCUT2D eigenvalue weighted by atomic mass is 10.0. The number of nitrogens with zero attached hydrogens (tertiary/aromatic N) is 3. The summed E-state index contributed by atoms with van der Waals surface area (Å²) >= 11 is 0. The number of aryl methyl sites for hydroxylation is 2. The summed E-state index contributed by atoms with van der Waals surface area (Å²) in [5.74, 6) is -1.40. The normalized spacial score (nSPS) is 14.0. The quantitative estimate of drug-likeness (QED) is 0.243. The summed E-state index contributed by atoms with van der Waals surface area (Å²) in [4.78, 5) is 40.3. The molecule has 0 N–H and O–H groups in total. The van der Waals surface area contributed by atoms with E-state index in [1.165, 1.54) is 10.1 Å². The third kappa shape index (κ3) is 6.27. The molecule has 220 valence electrons. The summed E-state index contributed by atoms with van der Waals surface area (Å²) in [7, 11) is 0. The first-order chi connectivity index (χ1) is 20.4. The molecule has 1 amide bonds. The maximum Gasteiger partial charge on any atom is 0.332 e. The summed E-state index contributed by atoms with van der Waals surface area (Å²) in [6.07, 6.45) is 1.82. The lowest BCUT2D eigenvalue weighted by Crippen LogP contribution is -2.44. The first-order valence-corrected chi connectivity index (χ1v) is 14.0. The Morgan fingerprint density at radius 3 is 2.12 bits per heavy atom. The first-order valence-electron chi connectivity index (χ1n) is 14.0. The van der Waals surface area contributed by atoms with Gasteiger partial charge in [0.2, 0.25) is 6.41 Å². The zero-order chi connectivity index (χ0) is 29.6. The lowest BCUT2D eigenvalue weighted by Gasteiger charge is -2.31. The molecule has 10 heteroatoms. The third-order valence-electron chi connectivity index (χ3n) is 7.78. The minimum atomic E-state index is -1.52. The minimum absolute atomic E-state index is 0.000218. The number of rotatable bonds is 11. The van der Waals surface area contributed by atoms with Crippen molar-refractivity contribution in [2.75, 3.05) is 26.4 Å². The van der Waals surface area contributed by atoms with E-state index < -0.39 is 42.3 Å². The number of halogens is 3. The van der Waals surface area contributed by atoms with Crippen molar-refractivity contribution in [1.29, 1.82) is 0 Å². The number of carbonyl (C=O) groups is 1. The Morgan fingerprint density at radius 2 is 1.50 bits per heavy atom. The number of piperidine rings is 1. The lowest BCUT2D eigenvalue weighted by molar-refractivity contribution is -0.119. The topological polar surface area (TPSA) is 73.5 Å². The van der Waals surface area contributed by atoms with Gasteiger partial charge in [-0.15, -0.1) is 0 Å². The van der Waals surface area contributed by atoms with E-state index in [0.717, 1.165) is 47.1 Å². The number of aromatic nitrogens is 2. The van der Waals surface area contributed by atoms with Crippen molar-refractivity contribution in [2.45, 2.75) is 44.4 Å². The predicted molar refractivity (Wildman–Crippen MR) is 154 cm³/mol. The van der Waals surface area contributed by atoms with Crippen LogP contribution in [0.4, 0.5) is 13.2 Å². The standard InChI is InChI=1S/C32H32F3N3O4/c33-18-26(19-34)42-30-16-27-29(17-28(30)35)38(25-12-14-36(21-39)15-13-25)32(41)37(31(27)40)20-24-10-8-23(9-11-24)7-6-22-4-2-1-3-5-22/h1-5,8-11,16-17,21,25-26H,6-7,12-15,18-20H2. The van der Waals surface area contributed by atoms with Crippen molar-refractivity contribution in [3.8, 4) is 5.75 Å². The van der Waals surface area contributed by atoms with E-state index in [1.807, 2.05) is 42.5 Å². The number of ether oxygens (including phenoxy) is 1. The number of hydrogen-bond acceptors (Lipinski definition) is 4. The fraction of sp³-hybridized carbons (Fsp3) is 0.344. The fourth-order valence-corrected chi connectivity index (χ4v) is 5.42. The zero-order valence-corrected chi connectivity index (χ0v) is 23.1. The number of hydrogen-bond donors (Lipinski definition) is 0. The van der Waals surface area contributed by atoms with Crippen molar-refractivity contribution in [3.05, 3.63) is 110 Å². The van der Waals surface area contributed by atoms with Gasteiger partial charge in [-0.1, -0.05) is 54.6 Å². The van der Waals surface area contributed by atoms with E-state index in [2.05, 4.69) is 12.1 Å². The molecule has 0 bridgehead atoms. The molecular formula is C32H32F3N3O4. The molecule has 0 radical (unpaired) electrons. The van der Waals surface area contributed by atoms with Gasteiger partial charge in [0, 0.05) is 25.2 Å². The second-order valence-electron chi connectivity index (χ2n) is 10.6. The molecule has 4 aromatic rings. The van der Waals surface area contributed by atoms with Crippen LogP contribution in [0.15, 0.2) is 76.3 Å². The number of likely N-dealkylation sites (tertiary alicyclic amines) is 1. The Labute approximate surface area is 240 Å². The molecular weight excluding hydrogens is 547 g/mol. The highest BCUT2D eigenvalue weighted by molar-refractivity contribution is 5.80. The summed E-state index contributed by atoms with van der Waals surface area (Å²) in [6, 6.07) is 19.5. The molecule has 1 aliphatic heterocycles. The van der Waals surface area contributed by atoms with E-state index >= 15 is 4.39 Å². The van der Waals surface area contributed by atoms with Crippen molar-refractivity contribution in [3.63, 3.8) is 0 Å². The molecule has 2 heterocycles. The van der Waals surface area contributed by atoms with Crippen LogP contribution in [0.5, 0.6) is 5.75 Å². The van der Waals surface area contributed by atoms with Gasteiger partial charge in [0.25, 0.3) is 5.56 Å². The van der Waals surface area contributed by atoms with Gasteiger partial charge in [-0.25, -0.2) is 18.0 Å². The van der Waals surface area contributed by atoms with Crippen LogP contribution in [0.3, 0.4) is 0 Å². The van der Waals surface area contributed by atoms with Crippen molar-refractivity contribution < 1.29 is 22.7 Å². The maximum atomic E-state index is 15.1. The molecule has 1 fully saturated rings. The molecule has 0 saturated carbocycles. The Hall–Kier alpha value is -4.34. The largest absolute Gasteiger partial charge is 0.482 e. The van der Waals surface area contributed by atoms with E-state index in [1.54, 1.807) is 4.90 Å². The number of amides is 1. The molecule has 1 saturated heterocycles. The van der Waals surface area contributed by atoms with Crippen LogP contribution in [0.25, 0.3) is 10.9 Å². The van der Waals surface area contributed by atoms with Gasteiger partial charge in [0.15, 0.2) is 17.7 Å². The maximum absolute atomic E-state index is 15.1. The predicted octanol–water partition coefficient (Wildman–Crippen LogP) is 4.62. The molecule has 7 nitrogen and oxygen atoms in total. The van der Waals surface area contributed by atoms with Gasteiger partial charge in [-0.2, -0.15) is 0 Å².